The molecule has 1 rings (SSSR count). The molecule has 0 bridgehead atoms. The molecule has 0 N–H and O–H groups in total. The third-order valence-electron chi connectivity index (χ3n) is 1.25. The minimum Gasteiger partial charge on any atom is -0.298 e. The molecule has 1 unspecified atom stereocenters. The van der Waals surface area contributed by atoms with Crippen molar-refractivity contribution in [2.75, 3.05) is 0 Å². The first-order valence-electron chi connectivity index (χ1n) is 2.88. The number of hydrogen-bond donors (Lipinski definition) is 0. The van der Waals surface area contributed by atoms with Crippen molar-refractivity contribution in [1.29, 1.82) is 0 Å². The van der Waals surface area contributed by atoms with Gasteiger partial charge < -0.3 is 0 Å². The summed E-state index contributed by atoms with van der Waals surface area (Å²) in [6.45, 7) is 0. The van der Waals surface area contributed by atoms with Crippen LogP contribution in [0.3, 0.4) is 0 Å². The third-order valence-corrected chi connectivity index (χ3v) is 1.25. The van der Waals surface area contributed by atoms with Crippen LogP contribution in [-0.4, -0.2) is 12.6 Å². The van der Waals surface area contributed by atoms with E-state index in [1.807, 2.05) is 0 Å². The van der Waals surface area contributed by atoms with Gasteiger partial charge >= 0.3 is 0 Å². The highest BCUT2D eigenvalue weighted by atomic mass is 31.0. The van der Waals surface area contributed by atoms with Gasteiger partial charge in [-0.2, -0.15) is 9.90 Å². The summed E-state index contributed by atoms with van der Waals surface area (Å²) < 4.78 is 0. The van der Waals surface area contributed by atoms with E-state index < -0.39 is 0 Å². The Morgan fingerprint density at radius 1 is 0.909 bits per heavy atom. The van der Waals surface area contributed by atoms with E-state index in [1.54, 1.807) is 24.3 Å². The van der Waals surface area contributed by atoms with Crippen LogP contribution in [0.4, 0.5) is 0 Å². The molecule has 11 heavy (non-hydrogen) atoms. The number of hydrogen-bond acceptors (Lipinski definition) is 2. The van der Waals surface area contributed by atoms with Crippen LogP contribution in [0.1, 0.15) is 20.7 Å². The summed E-state index contributed by atoms with van der Waals surface area (Å²) >= 11 is 0. The van der Waals surface area contributed by atoms with Gasteiger partial charge in [-0.3, -0.25) is 9.59 Å². The van der Waals surface area contributed by atoms with E-state index in [-0.39, 0.29) is 9.90 Å². The van der Waals surface area contributed by atoms with Crippen LogP contribution in [0, 0.1) is 0 Å². The van der Waals surface area contributed by atoms with Gasteiger partial charge in [-0.25, -0.2) is 0 Å². The fourth-order valence-electron chi connectivity index (χ4n) is 0.726. The SMILES string of the molecule is O=Cc1ccccc1C=O.P. The largest absolute Gasteiger partial charge is 0.298 e. The maximum atomic E-state index is 10.2. The van der Waals surface area contributed by atoms with Crippen molar-refractivity contribution < 1.29 is 9.59 Å². The Bertz CT molecular complexity index is 231. The molecular formula is C8H9O2P. The maximum absolute atomic E-state index is 10.2. The predicted molar refractivity (Wildman–Crippen MR) is 48.3 cm³/mol. The minimum atomic E-state index is 0. The maximum Gasteiger partial charge on any atom is 0.150 e. The van der Waals surface area contributed by atoms with Crippen LogP contribution in [0.5, 0.6) is 0 Å². The molecule has 0 aliphatic rings. The van der Waals surface area contributed by atoms with Crippen molar-refractivity contribution >= 4 is 22.5 Å². The second-order valence-electron chi connectivity index (χ2n) is 1.86. The van der Waals surface area contributed by atoms with Gasteiger partial charge in [0.1, 0.15) is 0 Å². The molecule has 0 fully saturated rings. The molecule has 1 aromatic rings. The molecule has 0 aliphatic carbocycles. The topological polar surface area (TPSA) is 34.1 Å². The van der Waals surface area contributed by atoms with E-state index >= 15 is 0 Å². The molecule has 0 aliphatic heterocycles. The molecule has 0 saturated carbocycles. The Labute approximate surface area is 68.2 Å². The Balaban J connectivity index is 0.000001000. The highest BCUT2D eigenvalue weighted by Gasteiger charge is 1.95. The fourth-order valence-corrected chi connectivity index (χ4v) is 0.726. The van der Waals surface area contributed by atoms with Gasteiger partial charge in [-0.05, 0) is 0 Å². The summed E-state index contributed by atoms with van der Waals surface area (Å²) in [6, 6.07) is 6.65. The normalized spacial score (nSPS) is 8.00. The second kappa shape index (κ2) is 4.75. The lowest BCUT2D eigenvalue weighted by atomic mass is 10.1. The molecule has 58 valence electrons. The molecule has 2 nitrogen and oxygen atoms in total. The lowest BCUT2D eigenvalue weighted by molar-refractivity contribution is 0.109. The first-order chi connectivity index (χ1) is 4.88. The first-order valence-corrected chi connectivity index (χ1v) is 2.88. The highest BCUT2D eigenvalue weighted by molar-refractivity contribution is 6.92. The summed E-state index contributed by atoms with van der Waals surface area (Å²) in [5.41, 5.74) is 0.884. The molecule has 0 aromatic heterocycles. The molecule has 0 spiro atoms. The Kier molecular flexibility index (Phi) is 4.32. The Morgan fingerprint density at radius 3 is 1.55 bits per heavy atom. The van der Waals surface area contributed by atoms with Crippen molar-refractivity contribution in [2.24, 2.45) is 0 Å². The van der Waals surface area contributed by atoms with Gasteiger partial charge in [0.15, 0.2) is 12.6 Å². The zero-order chi connectivity index (χ0) is 7.40. The molecule has 0 radical (unpaired) electrons. The van der Waals surface area contributed by atoms with E-state index in [0.717, 1.165) is 0 Å². The van der Waals surface area contributed by atoms with E-state index in [1.165, 1.54) is 0 Å². The van der Waals surface area contributed by atoms with E-state index in [4.69, 9.17) is 0 Å². The van der Waals surface area contributed by atoms with Gasteiger partial charge in [0.05, 0.1) is 0 Å². The van der Waals surface area contributed by atoms with Gasteiger partial charge in [0, 0.05) is 11.1 Å². The van der Waals surface area contributed by atoms with Gasteiger partial charge in [-0.1, -0.05) is 24.3 Å². The molecule has 3 heteroatoms. The minimum absolute atomic E-state index is 0. The van der Waals surface area contributed by atoms with Gasteiger partial charge in [0.25, 0.3) is 0 Å². The summed E-state index contributed by atoms with van der Waals surface area (Å²) in [4.78, 5) is 20.5. The number of carbonyl (C=O) groups is 2. The average Bonchev–Trinajstić information content (AvgIpc) is 2.04. The first kappa shape index (κ1) is 9.99. The standard InChI is InChI=1S/C8H6O2.H3P/c9-5-7-3-1-2-4-8(7)6-10;/h1-6H;1H3. The van der Waals surface area contributed by atoms with Crippen molar-refractivity contribution in [1.82, 2.24) is 0 Å². The summed E-state index contributed by atoms with van der Waals surface area (Å²) in [7, 11) is 0. The van der Waals surface area contributed by atoms with E-state index in [0.29, 0.717) is 23.7 Å². The zero-order valence-electron chi connectivity index (χ0n) is 5.99. The summed E-state index contributed by atoms with van der Waals surface area (Å²) in [5.74, 6) is 0. The molecule has 0 amide bonds. The fraction of sp³-hybridized carbons (Fsp3) is 0. The zero-order valence-corrected chi connectivity index (χ0v) is 7.40. The number of rotatable bonds is 2. The lowest BCUT2D eigenvalue weighted by Crippen LogP contribution is -1.87. The van der Waals surface area contributed by atoms with Gasteiger partial charge in [0.2, 0.25) is 0 Å². The number of benzene rings is 1. The predicted octanol–water partition coefficient (Wildman–Crippen LogP) is 1.37. The van der Waals surface area contributed by atoms with Crippen LogP contribution in [0.15, 0.2) is 24.3 Å². The molecule has 1 aromatic carbocycles. The number of carbonyl (C=O) groups excluding carboxylic acids is 2. The molecule has 1 atom stereocenters. The van der Waals surface area contributed by atoms with Gasteiger partial charge in [-0.15, -0.1) is 0 Å². The Morgan fingerprint density at radius 2 is 1.27 bits per heavy atom. The van der Waals surface area contributed by atoms with Crippen LogP contribution in [-0.2, 0) is 0 Å². The summed E-state index contributed by atoms with van der Waals surface area (Å²) in [6.07, 6.45) is 1.34. The lowest BCUT2D eigenvalue weighted by Gasteiger charge is -1.91. The molecular weight excluding hydrogens is 159 g/mol. The van der Waals surface area contributed by atoms with Crippen molar-refractivity contribution in [3.05, 3.63) is 35.4 Å². The monoisotopic (exact) mass is 168 g/mol. The quantitative estimate of drug-likeness (QED) is 0.493. The van der Waals surface area contributed by atoms with Crippen LogP contribution in [0.2, 0.25) is 0 Å². The second-order valence-corrected chi connectivity index (χ2v) is 1.86. The van der Waals surface area contributed by atoms with Crippen LogP contribution < -0.4 is 0 Å². The van der Waals surface area contributed by atoms with Crippen molar-refractivity contribution in [3.8, 4) is 0 Å². The van der Waals surface area contributed by atoms with Crippen molar-refractivity contribution in [3.63, 3.8) is 0 Å². The Hall–Kier alpha value is -1.01. The smallest absolute Gasteiger partial charge is 0.150 e. The molecule has 0 saturated heterocycles. The summed E-state index contributed by atoms with van der Waals surface area (Å²) in [5, 5.41) is 0. The number of aldehydes is 2. The molecule has 0 heterocycles. The van der Waals surface area contributed by atoms with Crippen molar-refractivity contribution in [2.45, 2.75) is 0 Å². The van der Waals surface area contributed by atoms with Crippen LogP contribution >= 0.6 is 9.90 Å². The highest BCUT2D eigenvalue weighted by Crippen LogP contribution is 2.01. The third kappa shape index (κ3) is 2.24. The van der Waals surface area contributed by atoms with E-state index in [2.05, 4.69) is 0 Å². The average molecular weight is 168 g/mol. The van der Waals surface area contributed by atoms with Crippen LogP contribution in [0.25, 0.3) is 0 Å². The van der Waals surface area contributed by atoms with E-state index in [9.17, 15) is 9.59 Å².